The SMILES string of the molecule is Cc1cc(C)c2c(CC(=O)Nc3cc(C(F)(F)F)ccc3Cl)noc2c1. The van der Waals surface area contributed by atoms with Gasteiger partial charge in [0.2, 0.25) is 5.91 Å². The molecule has 1 heterocycles. The Morgan fingerprint density at radius 2 is 1.96 bits per heavy atom. The van der Waals surface area contributed by atoms with Gasteiger partial charge in [0, 0.05) is 5.39 Å². The van der Waals surface area contributed by atoms with Crippen molar-refractivity contribution in [2.75, 3.05) is 5.32 Å². The third kappa shape index (κ3) is 3.67. The second-order valence-corrected chi connectivity index (χ2v) is 6.41. The van der Waals surface area contributed by atoms with Crippen molar-refractivity contribution < 1.29 is 22.5 Å². The molecule has 1 amide bonds. The predicted octanol–water partition coefficient (Wildman–Crippen LogP) is 5.30. The summed E-state index contributed by atoms with van der Waals surface area (Å²) < 4.78 is 43.7. The van der Waals surface area contributed by atoms with Gasteiger partial charge in [-0.2, -0.15) is 13.2 Å². The van der Waals surface area contributed by atoms with Crippen LogP contribution in [0.1, 0.15) is 22.4 Å². The van der Waals surface area contributed by atoms with Gasteiger partial charge in [0.15, 0.2) is 5.58 Å². The summed E-state index contributed by atoms with van der Waals surface area (Å²) in [6.07, 6.45) is -4.68. The maximum absolute atomic E-state index is 12.8. The second kappa shape index (κ2) is 6.64. The van der Waals surface area contributed by atoms with E-state index in [0.29, 0.717) is 11.3 Å². The number of benzene rings is 2. The molecule has 4 nitrogen and oxygen atoms in total. The Balaban J connectivity index is 1.84. The third-order valence-electron chi connectivity index (χ3n) is 3.88. The summed E-state index contributed by atoms with van der Waals surface area (Å²) >= 11 is 5.89. The van der Waals surface area contributed by atoms with Crippen molar-refractivity contribution in [3.8, 4) is 0 Å². The van der Waals surface area contributed by atoms with Crippen molar-refractivity contribution in [2.24, 2.45) is 0 Å². The zero-order valence-electron chi connectivity index (χ0n) is 13.9. The largest absolute Gasteiger partial charge is 0.416 e. The Kier molecular flexibility index (Phi) is 4.66. The number of anilines is 1. The van der Waals surface area contributed by atoms with Crippen LogP contribution in [0.5, 0.6) is 0 Å². The zero-order chi connectivity index (χ0) is 19.1. The maximum Gasteiger partial charge on any atom is 0.416 e. The van der Waals surface area contributed by atoms with Crippen molar-refractivity contribution in [2.45, 2.75) is 26.4 Å². The molecule has 8 heteroatoms. The molecule has 1 N–H and O–H groups in total. The molecule has 0 fully saturated rings. The lowest BCUT2D eigenvalue weighted by Crippen LogP contribution is -2.16. The first kappa shape index (κ1) is 18.3. The summed E-state index contributed by atoms with van der Waals surface area (Å²) in [5, 5.41) is 7.05. The van der Waals surface area contributed by atoms with E-state index in [9.17, 15) is 18.0 Å². The monoisotopic (exact) mass is 382 g/mol. The van der Waals surface area contributed by atoms with Gasteiger partial charge in [0.05, 0.1) is 22.7 Å². The summed E-state index contributed by atoms with van der Waals surface area (Å²) in [6.45, 7) is 3.79. The van der Waals surface area contributed by atoms with Crippen LogP contribution >= 0.6 is 11.6 Å². The van der Waals surface area contributed by atoms with Crippen LogP contribution in [0.3, 0.4) is 0 Å². The first-order valence-corrected chi connectivity index (χ1v) is 8.05. The maximum atomic E-state index is 12.8. The van der Waals surface area contributed by atoms with E-state index in [2.05, 4.69) is 10.5 Å². The molecule has 136 valence electrons. The van der Waals surface area contributed by atoms with Crippen LogP contribution in [-0.2, 0) is 17.4 Å². The number of alkyl halides is 3. The van der Waals surface area contributed by atoms with Crippen LogP contribution in [0.2, 0.25) is 5.02 Å². The molecule has 3 aromatic rings. The second-order valence-electron chi connectivity index (χ2n) is 6.00. The van der Waals surface area contributed by atoms with Crippen LogP contribution in [-0.4, -0.2) is 11.1 Å². The highest BCUT2D eigenvalue weighted by atomic mass is 35.5. The lowest BCUT2D eigenvalue weighted by atomic mass is 10.0. The molecule has 0 radical (unpaired) electrons. The van der Waals surface area contributed by atoms with Gasteiger partial charge < -0.3 is 9.84 Å². The van der Waals surface area contributed by atoms with E-state index >= 15 is 0 Å². The van der Waals surface area contributed by atoms with Crippen molar-refractivity contribution in [3.05, 3.63) is 57.7 Å². The minimum Gasteiger partial charge on any atom is -0.356 e. The number of carbonyl (C=O) groups excluding carboxylic acids is 1. The molecule has 0 bridgehead atoms. The number of rotatable bonds is 3. The number of fused-ring (bicyclic) bond motifs is 1. The van der Waals surface area contributed by atoms with Gasteiger partial charge in [-0.1, -0.05) is 22.8 Å². The molecule has 3 rings (SSSR count). The standard InChI is InChI=1S/C18H14ClF3N2O2/c1-9-5-10(2)17-14(24-26-15(17)6-9)8-16(25)23-13-7-11(18(20,21)22)3-4-12(13)19/h3-7H,8H2,1-2H3,(H,23,25). The smallest absolute Gasteiger partial charge is 0.356 e. The topological polar surface area (TPSA) is 55.1 Å². The summed E-state index contributed by atoms with van der Waals surface area (Å²) in [7, 11) is 0. The van der Waals surface area contributed by atoms with Gasteiger partial charge in [-0.3, -0.25) is 4.79 Å². The number of hydrogen-bond donors (Lipinski definition) is 1. The van der Waals surface area contributed by atoms with Crippen molar-refractivity contribution in [1.82, 2.24) is 5.16 Å². The normalized spacial score (nSPS) is 11.8. The Labute approximate surface area is 151 Å². The van der Waals surface area contributed by atoms with E-state index < -0.39 is 17.6 Å². The summed E-state index contributed by atoms with van der Waals surface area (Å²) in [5.74, 6) is -0.540. The average molecular weight is 383 g/mol. The Morgan fingerprint density at radius 1 is 1.23 bits per heavy atom. The number of carbonyl (C=O) groups is 1. The van der Waals surface area contributed by atoms with E-state index in [-0.39, 0.29) is 17.1 Å². The van der Waals surface area contributed by atoms with Gasteiger partial charge >= 0.3 is 6.18 Å². The molecule has 0 unspecified atom stereocenters. The molecular formula is C18H14ClF3N2O2. The molecule has 26 heavy (non-hydrogen) atoms. The predicted molar refractivity (Wildman–Crippen MR) is 92.3 cm³/mol. The van der Waals surface area contributed by atoms with E-state index in [1.807, 2.05) is 19.9 Å². The van der Waals surface area contributed by atoms with Crippen LogP contribution in [0, 0.1) is 13.8 Å². The van der Waals surface area contributed by atoms with Crippen LogP contribution < -0.4 is 5.32 Å². The highest BCUT2D eigenvalue weighted by Gasteiger charge is 2.31. The van der Waals surface area contributed by atoms with Gasteiger partial charge in [-0.05, 0) is 49.2 Å². The van der Waals surface area contributed by atoms with Crippen LogP contribution in [0.25, 0.3) is 11.0 Å². The van der Waals surface area contributed by atoms with E-state index in [0.717, 1.165) is 34.7 Å². The van der Waals surface area contributed by atoms with E-state index in [4.69, 9.17) is 16.1 Å². The minimum atomic E-state index is -4.53. The number of nitrogens with one attached hydrogen (secondary N) is 1. The molecule has 0 aliphatic carbocycles. The quantitative estimate of drug-likeness (QED) is 0.669. The van der Waals surface area contributed by atoms with E-state index in [1.54, 1.807) is 6.07 Å². The number of nitrogens with zero attached hydrogens (tertiary/aromatic N) is 1. The summed E-state index contributed by atoms with van der Waals surface area (Å²) in [4.78, 5) is 12.3. The minimum absolute atomic E-state index is 0.0168. The Morgan fingerprint density at radius 3 is 2.65 bits per heavy atom. The summed E-state index contributed by atoms with van der Waals surface area (Å²) in [6, 6.07) is 6.49. The van der Waals surface area contributed by atoms with Crippen molar-refractivity contribution in [3.63, 3.8) is 0 Å². The number of aryl methyl sites for hydroxylation is 2. The number of halogens is 4. The van der Waals surface area contributed by atoms with E-state index in [1.165, 1.54) is 0 Å². The molecule has 0 aliphatic rings. The average Bonchev–Trinajstić information content (AvgIpc) is 2.91. The number of aromatic nitrogens is 1. The van der Waals surface area contributed by atoms with Crippen LogP contribution in [0.4, 0.5) is 18.9 Å². The van der Waals surface area contributed by atoms with Gasteiger partial charge in [-0.25, -0.2) is 0 Å². The van der Waals surface area contributed by atoms with Crippen LogP contribution in [0.15, 0.2) is 34.9 Å². The van der Waals surface area contributed by atoms with Crippen molar-refractivity contribution in [1.29, 1.82) is 0 Å². The highest BCUT2D eigenvalue weighted by molar-refractivity contribution is 6.33. The highest BCUT2D eigenvalue weighted by Crippen LogP contribution is 2.34. The molecular weight excluding hydrogens is 369 g/mol. The first-order chi connectivity index (χ1) is 12.1. The van der Waals surface area contributed by atoms with Gasteiger partial charge in [0.25, 0.3) is 0 Å². The fraction of sp³-hybridized carbons (Fsp3) is 0.222. The van der Waals surface area contributed by atoms with Gasteiger partial charge in [-0.15, -0.1) is 0 Å². The molecule has 0 aliphatic heterocycles. The lowest BCUT2D eigenvalue weighted by Gasteiger charge is -2.11. The third-order valence-corrected chi connectivity index (χ3v) is 4.21. The molecule has 0 saturated heterocycles. The fourth-order valence-electron chi connectivity index (χ4n) is 2.78. The summed E-state index contributed by atoms with van der Waals surface area (Å²) in [5.41, 5.74) is 1.88. The molecule has 0 spiro atoms. The van der Waals surface area contributed by atoms with Crippen molar-refractivity contribution >= 4 is 34.2 Å². The fourth-order valence-corrected chi connectivity index (χ4v) is 2.95. The number of amides is 1. The molecule has 1 aromatic heterocycles. The van der Waals surface area contributed by atoms with Gasteiger partial charge in [0.1, 0.15) is 5.69 Å². The number of hydrogen-bond acceptors (Lipinski definition) is 3. The Bertz CT molecular complexity index is 996. The Hall–Kier alpha value is -2.54. The molecule has 0 atom stereocenters. The lowest BCUT2D eigenvalue weighted by molar-refractivity contribution is -0.137. The molecule has 2 aromatic carbocycles. The molecule has 0 saturated carbocycles. The zero-order valence-corrected chi connectivity index (χ0v) is 14.6. The first-order valence-electron chi connectivity index (χ1n) is 7.67.